The van der Waals surface area contributed by atoms with Gasteiger partial charge in [0.2, 0.25) is 5.91 Å². The van der Waals surface area contributed by atoms with Crippen molar-refractivity contribution in [1.82, 2.24) is 5.32 Å². The summed E-state index contributed by atoms with van der Waals surface area (Å²) in [7, 11) is 1.62. The number of benzene rings is 3. The van der Waals surface area contributed by atoms with Crippen molar-refractivity contribution >= 4 is 17.5 Å². The first kappa shape index (κ1) is 23.1. The highest BCUT2D eigenvalue weighted by Crippen LogP contribution is 2.36. The fourth-order valence-corrected chi connectivity index (χ4v) is 4.29. The Labute approximate surface area is 199 Å². The second-order valence-electron chi connectivity index (χ2n) is 8.14. The van der Waals surface area contributed by atoms with Crippen LogP contribution in [0.15, 0.2) is 72.8 Å². The molecule has 5 nitrogen and oxygen atoms in total. The molecule has 0 aromatic heterocycles. The number of carbonyl (C=O) groups excluding carboxylic acids is 1. The quantitative estimate of drug-likeness (QED) is 0.491. The zero-order valence-electron chi connectivity index (χ0n) is 18.7. The minimum atomic E-state index is -0.619. The van der Waals surface area contributed by atoms with Crippen LogP contribution in [0, 0.1) is 0 Å². The van der Waals surface area contributed by atoms with Crippen molar-refractivity contribution < 1.29 is 19.0 Å². The maximum absolute atomic E-state index is 13.4. The summed E-state index contributed by atoms with van der Waals surface area (Å²) in [6, 6.07) is 23.3. The molecule has 0 spiro atoms. The fourth-order valence-electron chi connectivity index (χ4n) is 4.16. The zero-order valence-corrected chi connectivity index (χ0v) is 19.4. The van der Waals surface area contributed by atoms with Crippen LogP contribution in [0.1, 0.15) is 29.5 Å². The fraction of sp³-hybridized carbons (Fsp3) is 0.296. The summed E-state index contributed by atoms with van der Waals surface area (Å²) in [5.41, 5.74) is 2.37. The molecule has 1 aliphatic heterocycles. The summed E-state index contributed by atoms with van der Waals surface area (Å²) in [6.45, 7) is 1.96. The third kappa shape index (κ3) is 5.49. The Balaban J connectivity index is 1.44. The van der Waals surface area contributed by atoms with Crippen LogP contribution in [-0.2, 0) is 28.1 Å². The van der Waals surface area contributed by atoms with Gasteiger partial charge in [0.15, 0.2) is 11.5 Å². The van der Waals surface area contributed by atoms with Crippen LogP contribution in [0.2, 0.25) is 5.02 Å². The Bertz CT molecular complexity index is 1060. The van der Waals surface area contributed by atoms with E-state index in [1.807, 2.05) is 72.8 Å². The van der Waals surface area contributed by atoms with E-state index in [0.717, 1.165) is 16.7 Å². The summed E-state index contributed by atoms with van der Waals surface area (Å²) < 4.78 is 17.0. The van der Waals surface area contributed by atoms with Crippen LogP contribution >= 0.6 is 11.6 Å². The van der Waals surface area contributed by atoms with Crippen molar-refractivity contribution in [3.05, 3.63) is 94.5 Å². The van der Waals surface area contributed by atoms with Crippen molar-refractivity contribution in [3.63, 3.8) is 0 Å². The lowest BCUT2D eigenvalue weighted by molar-refractivity contribution is -0.130. The SMILES string of the molecule is COc1cc(CNC(=O)C2(c3ccc(Cl)cc3)CCOCC2)ccc1OCc1ccccc1. The molecule has 3 aromatic carbocycles. The van der Waals surface area contributed by atoms with Gasteiger partial charge in [-0.1, -0.05) is 60.1 Å². The number of carbonyl (C=O) groups is 1. The number of methoxy groups -OCH3 is 1. The van der Waals surface area contributed by atoms with Gasteiger partial charge >= 0.3 is 0 Å². The van der Waals surface area contributed by atoms with Crippen molar-refractivity contribution in [2.75, 3.05) is 20.3 Å². The molecule has 4 rings (SSSR count). The van der Waals surface area contributed by atoms with E-state index in [4.69, 9.17) is 25.8 Å². The Hall–Kier alpha value is -3.02. The minimum Gasteiger partial charge on any atom is -0.493 e. The van der Waals surface area contributed by atoms with E-state index in [-0.39, 0.29) is 5.91 Å². The number of hydrogen-bond acceptors (Lipinski definition) is 4. The number of rotatable bonds is 8. The van der Waals surface area contributed by atoms with Crippen LogP contribution < -0.4 is 14.8 Å². The molecule has 1 N–H and O–H groups in total. The van der Waals surface area contributed by atoms with Crippen molar-refractivity contribution in [2.45, 2.75) is 31.4 Å². The Morgan fingerprint density at radius 1 is 0.970 bits per heavy atom. The van der Waals surface area contributed by atoms with Gasteiger partial charge in [-0.25, -0.2) is 0 Å². The monoisotopic (exact) mass is 465 g/mol. The number of halogens is 1. The predicted octanol–water partition coefficient (Wildman–Crippen LogP) is 5.29. The summed E-state index contributed by atoms with van der Waals surface area (Å²) in [6.07, 6.45) is 1.27. The third-order valence-electron chi connectivity index (χ3n) is 6.10. The average Bonchev–Trinajstić information content (AvgIpc) is 2.87. The summed E-state index contributed by atoms with van der Waals surface area (Å²) in [5.74, 6) is 1.30. The molecule has 172 valence electrons. The first-order valence-electron chi connectivity index (χ1n) is 11.1. The molecule has 1 amide bonds. The van der Waals surface area contributed by atoms with Crippen molar-refractivity contribution in [3.8, 4) is 11.5 Å². The molecule has 0 saturated carbocycles. The first-order valence-corrected chi connectivity index (χ1v) is 11.4. The topological polar surface area (TPSA) is 56.8 Å². The normalized spacial score (nSPS) is 15.0. The Kier molecular flexibility index (Phi) is 7.53. The maximum Gasteiger partial charge on any atom is 0.231 e. The molecule has 0 aliphatic carbocycles. The molecule has 0 atom stereocenters. The van der Waals surface area contributed by atoms with E-state index >= 15 is 0 Å². The van der Waals surface area contributed by atoms with Crippen LogP contribution in [0.5, 0.6) is 11.5 Å². The Morgan fingerprint density at radius 3 is 2.39 bits per heavy atom. The van der Waals surface area contributed by atoms with E-state index in [1.165, 1.54) is 0 Å². The molecule has 6 heteroatoms. The lowest BCUT2D eigenvalue weighted by atomic mass is 9.73. The van der Waals surface area contributed by atoms with Gasteiger partial charge in [-0.3, -0.25) is 4.79 Å². The van der Waals surface area contributed by atoms with Gasteiger partial charge in [0, 0.05) is 24.8 Å². The number of hydrogen-bond donors (Lipinski definition) is 1. The molecule has 1 fully saturated rings. The molecule has 0 bridgehead atoms. The number of amides is 1. The molecule has 3 aromatic rings. The smallest absolute Gasteiger partial charge is 0.231 e. The molecule has 33 heavy (non-hydrogen) atoms. The van der Waals surface area contributed by atoms with Gasteiger partial charge in [-0.15, -0.1) is 0 Å². The van der Waals surface area contributed by atoms with Gasteiger partial charge in [0.1, 0.15) is 6.61 Å². The lowest BCUT2D eigenvalue weighted by Crippen LogP contribution is -2.47. The van der Waals surface area contributed by atoms with Gasteiger partial charge in [0.25, 0.3) is 0 Å². The summed E-state index contributed by atoms with van der Waals surface area (Å²) >= 11 is 6.07. The number of nitrogens with one attached hydrogen (secondary N) is 1. The summed E-state index contributed by atoms with van der Waals surface area (Å²) in [4.78, 5) is 13.4. The van der Waals surface area contributed by atoms with Gasteiger partial charge < -0.3 is 19.5 Å². The Morgan fingerprint density at radius 2 is 1.70 bits per heavy atom. The molecule has 0 unspecified atom stereocenters. The van der Waals surface area contributed by atoms with Gasteiger partial charge in [-0.05, 0) is 53.8 Å². The third-order valence-corrected chi connectivity index (χ3v) is 6.35. The van der Waals surface area contributed by atoms with Gasteiger partial charge in [-0.2, -0.15) is 0 Å². The molecular formula is C27H28ClNO4. The predicted molar refractivity (Wildman–Crippen MR) is 129 cm³/mol. The van der Waals surface area contributed by atoms with Crippen LogP contribution in [0.3, 0.4) is 0 Å². The summed E-state index contributed by atoms with van der Waals surface area (Å²) in [5, 5.41) is 3.78. The molecule has 1 heterocycles. The van der Waals surface area contributed by atoms with Crippen LogP contribution in [0.25, 0.3) is 0 Å². The highest BCUT2D eigenvalue weighted by molar-refractivity contribution is 6.30. The van der Waals surface area contributed by atoms with E-state index in [2.05, 4.69) is 5.32 Å². The minimum absolute atomic E-state index is 0.00325. The van der Waals surface area contributed by atoms with Gasteiger partial charge in [0.05, 0.1) is 12.5 Å². The number of ether oxygens (including phenoxy) is 3. The van der Waals surface area contributed by atoms with E-state index in [1.54, 1.807) is 7.11 Å². The average molecular weight is 466 g/mol. The second-order valence-corrected chi connectivity index (χ2v) is 8.58. The zero-order chi connectivity index (χ0) is 23.1. The molecular weight excluding hydrogens is 438 g/mol. The maximum atomic E-state index is 13.4. The lowest BCUT2D eigenvalue weighted by Gasteiger charge is -2.36. The van der Waals surface area contributed by atoms with E-state index < -0.39 is 5.41 Å². The molecule has 1 aliphatic rings. The second kappa shape index (κ2) is 10.7. The highest BCUT2D eigenvalue weighted by Gasteiger charge is 2.41. The molecule has 1 saturated heterocycles. The largest absolute Gasteiger partial charge is 0.493 e. The van der Waals surface area contributed by atoms with E-state index in [9.17, 15) is 4.79 Å². The standard InChI is InChI=1S/C27H28ClNO4/c1-31-25-17-21(7-12-24(25)33-19-20-5-3-2-4-6-20)18-29-26(30)27(13-15-32-16-14-27)22-8-10-23(28)11-9-22/h2-12,17H,13-16,18-19H2,1H3,(H,29,30). The van der Waals surface area contributed by atoms with Crippen molar-refractivity contribution in [1.29, 1.82) is 0 Å². The van der Waals surface area contributed by atoms with Crippen LogP contribution in [-0.4, -0.2) is 26.2 Å². The van der Waals surface area contributed by atoms with Crippen molar-refractivity contribution in [2.24, 2.45) is 0 Å². The molecule has 0 radical (unpaired) electrons. The van der Waals surface area contributed by atoms with E-state index in [0.29, 0.717) is 55.7 Å². The van der Waals surface area contributed by atoms with Crippen LogP contribution in [0.4, 0.5) is 0 Å². The first-order chi connectivity index (χ1) is 16.1. The highest BCUT2D eigenvalue weighted by atomic mass is 35.5.